The third-order valence-corrected chi connectivity index (χ3v) is 5.47. The summed E-state index contributed by atoms with van der Waals surface area (Å²) in [5, 5.41) is 8.94. The molecule has 96 valence electrons. The molecule has 0 aromatic heterocycles. The molecule has 0 bridgehead atoms. The van der Waals surface area contributed by atoms with Crippen LogP contribution in [0.3, 0.4) is 0 Å². The van der Waals surface area contributed by atoms with Gasteiger partial charge in [-0.1, -0.05) is 12.1 Å². The fourth-order valence-electron chi connectivity index (χ4n) is 1.89. The Morgan fingerprint density at radius 3 is 2.61 bits per heavy atom. The molecule has 1 aliphatic rings. The van der Waals surface area contributed by atoms with Crippen LogP contribution in [0.2, 0.25) is 0 Å². The number of hydrogen-bond acceptors (Lipinski definition) is 4. The first-order valence-corrected chi connectivity index (χ1v) is 8.36. The minimum Gasteiger partial charge on any atom is -0.208 e. The first-order chi connectivity index (χ1) is 8.63. The number of nitrogens with one attached hydrogen (secondary N) is 1. The summed E-state index contributed by atoms with van der Waals surface area (Å²) in [5.41, 5.74) is 0.190. The van der Waals surface area contributed by atoms with Crippen LogP contribution in [-0.4, -0.2) is 26.0 Å². The second kappa shape index (κ2) is 5.74. The number of thioether (sulfide) groups is 1. The highest BCUT2D eigenvalue weighted by Crippen LogP contribution is 2.20. The Bertz CT molecular complexity index is 558. The zero-order valence-electron chi connectivity index (χ0n) is 9.80. The van der Waals surface area contributed by atoms with Crippen molar-refractivity contribution in [2.24, 2.45) is 0 Å². The van der Waals surface area contributed by atoms with Crippen LogP contribution in [-0.2, 0) is 10.0 Å². The zero-order valence-corrected chi connectivity index (χ0v) is 11.4. The van der Waals surface area contributed by atoms with Crippen LogP contribution >= 0.6 is 11.8 Å². The van der Waals surface area contributed by atoms with Crippen LogP contribution in [0.1, 0.15) is 18.4 Å². The molecule has 0 radical (unpaired) electrons. The van der Waals surface area contributed by atoms with Gasteiger partial charge in [-0.2, -0.15) is 17.0 Å². The van der Waals surface area contributed by atoms with Crippen LogP contribution < -0.4 is 4.72 Å². The Morgan fingerprint density at radius 2 is 1.94 bits per heavy atom. The van der Waals surface area contributed by atoms with Crippen LogP contribution in [0.25, 0.3) is 0 Å². The molecule has 1 saturated heterocycles. The quantitative estimate of drug-likeness (QED) is 0.916. The van der Waals surface area contributed by atoms with Crippen molar-refractivity contribution in [1.82, 2.24) is 4.72 Å². The van der Waals surface area contributed by atoms with E-state index in [1.165, 1.54) is 12.1 Å². The predicted octanol–water partition coefficient (Wildman–Crippen LogP) is 1.73. The number of nitrogens with zero attached hydrogens (tertiary/aromatic N) is 1. The molecule has 1 heterocycles. The maximum atomic E-state index is 12.2. The summed E-state index contributed by atoms with van der Waals surface area (Å²) in [7, 11) is -3.58. The fraction of sp³-hybridized carbons (Fsp3) is 0.417. The maximum absolute atomic E-state index is 12.2. The predicted molar refractivity (Wildman–Crippen MR) is 71.8 cm³/mol. The van der Waals surface area contributed by atoms with Crippen molar-refractivity contribution in [1.29, 1.82) is 5.26 Å². The van der Waals surface area contributed by atoms with E-state index in [1.807, 2.05) is 17.8 Å². The standard InChI is InChI=1S/C12H14N2O2S2/c13-9-10-3-1-2-4-12(10)18(15,16)14-11-5-7-17-8-6-11/h1-4,11,14H,5-8H2. The number of benzene rings is 1. The van der Waals surface area contributed by atoms with Gasteiger partial charge in [-0.05, 0) is 36.5 Å². The average molecular weight is 282 g/mol. The third-order valence-electron chi connectivity index (χ3n) is 2.84. The van der Waals surface area contributed by atoms with Crippen LogP contribution in [0.15, 0.2) is 29.2 Å². The van der Waals surface area contributed by atoms with Crippen molar-refractivity contribution in [3.05, 3.63) is 29.8 Å². The molecular formula is C12H14N2O2S2. The number of sulfonamides is 1. The Kier molecular flexibility index (Phi) is 4.27. The highest BCUT2D eigenvalue weighted by atomic mass is 32.2. The third kappa shape index (κ3) is 3.05. The molecule has 18 heavy (non-hydrogen) atoms. The fourth-order valence-corrected chi connectivity index (χ4v) is 4.46. The highest BCUT2D eigenvalue weighted by Gasteiger charge is 2.23. The lowest BCUT2D eigenvalue weighted by Crippen LogP contribution is -2.37. The zero-order chi connectivity index (χ0) is 13.0. The summed E-state index contributed by atoms with van der Waals surface area (Å²) in [6.45, 7) is 0. The largest absolute Gasteiger partial charge is 0.242 e. The summed E-state index contributed by atoms with van der Waals surface area (Å²) in [6.07, 6.45) is 1.69. The van der Waals surface area contributed by atoms with E-state index >= 15 is 0 Å². The Balaban J connectivity index is 2.22. The Hall–Kier alpha value is -1.03. The van der Waals surface area contributed by atoms with Gasteiger partial charge in [0.2, 0.25) is 10.0 Å². The molecule has 1 N–H and O–H groups in total. The van der Waals surface area contributed by atoms with Crippen LogP contribution in [0.5, 0.6) is 0 Å². The van der Waals surface area contributed by atoms with E-state index in [2.05, 4.69) is 4.72 Å². The lowest BCUT2D eigenvalue weighted by molar-refractivity contribution is 0.528. The molecule has 0 saturated carbocycles. The van der Waals surface area contributed by atoms with Gasteiger partial charge in [0.1, 0.15) is 6.07 Å². The van der Waals surface area contributed by atoms with Gasteiger partial charge in [0.15, 0.2) is 0 Å². The molecule has 4 nitrogen and oxygen atoms in total. The first-order valence-electron chi connectivity index (χ1n) is 5.73. The van der Waals surface area contributed by atoms with Gasteiger partial charge in [0, 0.05) is 6.04 Å². The first kappa shape index (κ1) is 13.4. The molecule has 1 fully saturated rings. The SMILES string of the molecule is N#Cc1ccccc1S(=O)(=O)NC1CCSCC1. The number of rotatable bonds is 3. The van der Waals surface area contributed by atoms with E-state index < -0.39 is 10.0 Å². The van der Waals surface area contributed by atoms with Crippen LogP contribution in [0.4, 0.5) is 0 Å². The molecule has 0 atom stereocenters. The molecule has 2 rings (SSSR count). The van der Waals surface area contributed by atoms with Crippen molar-refractivity contribution in [3.63, 3.8) is 0 Å². The summed E-state index contributed by atoms with van der Waals surface area (Å²) in [5.74, 6) is 1.96. The second-order valence-electron chi connectivity index (χ2n) is 4.12. The Labute approximate surface area is 111 Å². The van der Waals surface area contributed by atoms with Gasteiger partial charge < -0.3 is 0 Å². The van der Waals surface area contributed by atoms with E-state index in [4.69, 9.17) is 5.26 Å². The second-order valence-corrected chi connectivity index (χ2v) is 7.02. The van der Waals surface area contributed by atoms with Crippen molar-refractivity contribution in [3.8, 4) is 6.07 Å². The molecule has 0 unspecified atom stereocenters. The summed E-state index contributed by atoms with van der Waals surface area (Å²) in [4.78, 5) is 0.0747. The van der Waals surface area contributed by atoms with E-state index in [0.29, 0.717) is 0 Å². The van der Waals surface area contributed by atoms with E-state index in [9.17, 15) is 8.42 Å². The lowest BCUT2D eigenvalue weighted by Gasteiger charge is -2.22. The van der Waals surface area contributed by atoms with Gasteiger partial charge in [-0.3, -0.25) is 0 Å². The normalized spacial score (nSPS) is 17.3. The monoisotopic (exact) mass is 282 g/mol. The minimum atomic E-state index is -3.58. The number of nitriles is 1. The van der Waals surface area contributed by atoms with Gasteiger partial charge in [-0.25, -0.2) is 13.1 Å². The Morgan fingerprint density at radius 1 is 1.28 bits per heavy atom. The molecule has 1 aromatic rings. The van der Waals surface area contributed by atoms with Gasteiger partial charge in [-0.15, -0.1) is 0 Å². The van der Waals surface area contributed by atoms with Crippen LogP contribution in [0, 0.1) is 11.3 Å². The van der Waals surface area contributed by atoms with E-state index in [1.54, 1.807) is 12.1 Å². The van der Waals surface area contributed by atoms with E-state index in [-0.39, 0.29) is 16.5 Å². The lowest BCUT2D eigenvalue weighted by atomic mass is 10.2. The summed E-state index contributed by atoms with van der Waals surface area (Å²) < 4.78 is 27.1. The molecule has 1 aliphatic heterocycles. The summed E-state index contributed by atoms with van der Waals surface area (Å²) in [6, 6.07) is 8.19. The van der Waals surface area contributed by atoms with E-state index in [0.717, 1.165) is 24.3 Å². The van der Waals surface area contributed by atoms with Crippen molar-refractivity contribution >= 4 is 21.8 Å². The van der Waals surface area contributed by atoms with Gasteiger partial charge >= 0.3 is 0 Å². The van der Waals surface area contributed by atoms with Gasteiger partial charge in [0.05, 0.1) is 10.5 Å². The average Bonchev–Trinajstić information content (AvgIpc) is 2.39. The minimum absolute atomic E-state index is 0.0111. The molecule has 1 aromatic carbocycles. The molecule has 6 heteroatoms. The maximum Gasteiger partial charge on any atom is 0.242 e. The topological polar surface area (TPSA) is 70.0 Å². The van der Waals surface area contributed by atoms with Gasteiger partial charge in [0.25, 0.3) is 0 Å². The van der Waals surface area contributed by atoms with Crippen molar-refractivity contribution < 1.29 is 8.42 Å². The van der Waals surface area contributed by atoms with Crippen molar-refractivity contribution in [2.45, 2.75) is 23.8 Å². The molecule has 0 amide bonds. The molecular weight excluding hydrogens is 268 g/mol. The highest BCUT2D eigenvalue weighted by molar-refractivity contribution is 7.99. The molecule has 0 aliphatic carbocycles. The number of hydrogen-bond donors (Lipinski definition) is 1. The molecule has 0 spiro atoms. The summed E-state index contributed by atoms with van der Waals surface area (Å²) >= 11 is 1.84. The smallest absolute Gasteiger partial charge is 0.208 e. The van der Waals surface area contributed by atoms with Crippen molar-refractivity contribution in [2.75, 3.05) is 11.5 Å².